The summed E-state index contributed by atoms with van der Waals surface area (Å²) in [6, 6.07) is 15.2. The van der Waals surface area contributed by atoms with Crippen molar-refractivity contribution in [2.24, 2.45) is 5.73 Å². The van der Waals surface area contributed by atoms with Gasteiger partial charge in [0.1, 0.15) is 0 Å². The predicted molar refractivity (Wildman–Crippen MR) is 123 cm³/mol. The molecule has 0 spiro atoms. The van der Waals surface area contributed by atoms with Crippen molar-refractivity contribution >= 4 is 33.4 Å². The van der Waals surface area contributed by atoms with Crippen LogP contribution in [0.4, 0.5) is 5.69 Å². The molecule has 2 aromatic carbocycles. The van der Waals surface area contributed by atoms with E-state index in [1.54, 1.807) is 10.9 Å². The second-order valence-corrected chi connectivity index (χ2v) is 8.63. The minimum atomic E-state index is -0.278. The highest BCUT2D eigenvalue weighted by molar-refractivity contribution is 9.10. The predicted octanol–water partition coefficient (Wildman–Crippen LogP) is 3.65. The molecule has 1 fully saturated rings. The first-order valence-electron chi connectivity index (χ1n) is 10.2. The number of carbonyl (C=O) groups excluding carboxylic acids is 2. The lowest BCUT2D eigenvalue weighted by Gasteiger charge is -2.22. The Morgan fingerprint density at radius 3 is 2.74 bits per heavy atom. The number of amides is 2. The van der Waals surface area contributed by atoms with E-state index in [0.29, 0.717) is 17.8 Å². The third-order valence-electron chi connectivity index (χ3n) is 5.59. The molecule has 1 aliphatic heterocycles. The molecule has 4 rings (SSSR count). The smallest absolute Gasteiger partial charge is 0.259 e. The lowest BCUT2D eigenvalue weighted by molar-refractivity contribution is -0.122. The van der Waals surface area contributed by atoms with E-state index in [2.05, 4.69) is 31.2 Å². The number of benzene rings is 2. The van der Waals surface area contributed by atoms with Crippen LogP contribution in [0.1, 0.15) is 34.5 Å². The van der Waals surface area contributed by atoms with Crippen molar-refractivity contribution in [1.29, 1.82) is 0 Å². The van der Waals surface area contributed by atoms with Crippen molar-refractivity contribution in [2.45, 2.75) is 32.4 Å². The highest BCUT2D eigenvalue weighted by Crippen LogP contribution is 2.22. The molecule has 160 valence electrons. The lowest BCUT2D eigenvalue weighted by atomic mass is 10.1. The third kappa shape index (κ3) is 4.70. The van der Waals surface area contributed by atoms with Crippen molar-refractivity contribution in [3.05, 3.63) is 76.0 Å². The fourth-order valence-corrected chi connectivity index (χ4v) is 4.26. The summed E-state index contributed by atoms with van der Waals surface area (Å²) in [5.41, 5.74) is 9.41. The SMILES string of the molecule is Cc1c(C(=O)Nc2cccc(CN3CCCC3C(N)=O)c2)cnn1-c1ccc(Br)cc1. The molecule has 2 amide bonds. The zero-order valence-electron chi connectivity index (χ0n) is 17.2. The van der Waals surface area contributed by atoms with E-state index in [9.17, 15) is 9.59 Å². The number of hydrogen-bond acceptors (Lipinski definition) is 4. The van der Waals surface area contributed by atoms with Gasteiger partial charge in [-0.25, -0.2) is 4.68 Å². The number of anilines is 1. The molecule has 7 nitrogen and oxygen atoms in total. The summed E-state index contributed by atoms with van der Waals surface area (Å²) in [7, 11) is 0. The van der Waals surface area contributed by atoms with Gasteiger partial charge in [-0.3, -0.25) is 14.5 Å². The highest BCUT2D eigenvalue weighted by atomic mass is 79.9. The maximum absolute atomic E-state index is 12.9. The number of nitrogens with one attached hydrogen (secondary N) is 1. The van der Waals surface area contributed by atoms with Gasteiger partial charge in [-0.05, 0) is 68.3 Å². The molecule has 2 heterocycles. The number of rotatable bonds is 6. The number of nitrogens with zero attached hydrogens (tertiary/aromatic N) is 3. The van der Waals surface area contributed by atoms with Crippen molar-refractivity contribution in [3.63, 3.8) is 0 Å². The monoisotopic (exact) mass is 481 g/mol. The molecule has 3 N–H and O–H groups in total. The second kappa shape index (κ2) is 9.03. The van der Waals surface area contributed by atoms with Gasteiger partial charge in [0, 0.05) is 16.7 Å². The summed E-state index contributed by atoms with van der Waals surface area (Å²) in [6.45, 7) is 3.34. The number of hydrogen-bond donors (Lipinski definition) is 2. The molecule has 1 saturated heterocycles. The van der Waals surface area contributed by atoms with Crippen LogP contribution in [0.5, 0.6) is 0 Å². The van der Waals surface area contributed by atoms with E-state index in [0.717, 1.165) is 40.8 Å². The first-order valence-corrected chi connectivity index (χ1v) is 11.0. The van der Waals surface area contributed by atoms with Gasteiger partial charge in [0.25, 0.3) is 5.91 Å². The summed E-state index contributed by atoms with van der Waals surface area (Å²) in [4.78, 5) is 26.6. The Hall–Kier alpha value is -2.97. The van der Waals surface area contributed by atoms with Crippen molar-refractivity contribution < 1.29 is 9.59 Å². The van der Waals surface area contributed by atoms with E-state index >= 15 is 0 Å². The topological polar surface area (TPSA) is 93.2 Å². The van der Waals surface area contributed by atoms with Crippen LogP contribution < -0.4 is 11.1 Å². The highest BCUT2D eigenvalue weighted by Gasteiger charge is 2.28. The maximum Gasteiger partial charge on any atom is 0.259 e. The maximum atomic E-state index is 12.9. The van der Waals surface area contributed by atoms with E-state index < -0.39 is 0 Å². The lowest BCUT2D eigenvalue weighted by Crippen LogP contribution is -2.39. The largest absolute Gasteiger partial charge is 0.368 e. The fourth-order valence-electron chi connectivity index (χ4n) is 3.99. The summed E-state index contributed by atoms with van der Waals surface area (Å²) >= 11 is 3.43. The van der Waals surface area contributed by atoms with Crippen LogP contribution in [0.25, 0.3) is 5.69 Å². The number of aromatic nitrogens is 2. The first-order chi connectivity index (χ1) is 14.9. The number of carbonyl (C=O) groups is 2. The molecule has 0 radical (unpaired) electrons. The van der Waals surface area contributed by atoms with Gasteiger partial charge >= 0.3 is 0 Å². The minimum Gasteiger partial charge on any atom is -0.368 e. The zero-order chi connectivity index (χ0) is 22.0. The zero-order valence-corrected chi connectivity index (χ0v) is 18.8. The average Bonchev–Trinajstić information content (AvgIpc) is 3.35. The van der Waals surface area contributed by atoms with Crippen LogP contribution >= 0.6 is 15.9 Å². The third-order valence-corrected chi connectivity index (χ3v) is 6.12. The molecule has 0 bridgehead atoms. The molecule has 1 aromatic heterocycles. The Morgan fingerprint density at radius 2 is 2.00 bits per heavy atom. The summed E-state index contributed by atoms with van der Waals surface area (Å²) in [6.07, 6.45) is 3.34. The first kappa shape index (κ1) is 21.3. The standard InChI is InChI=1S/C23H24BrN5O2/c1-15-20(13-26-29(15)19-9-7-17(24)8-10-19)23(31)27-18-5-2-4-16(12-18)14-28-11-3-6-21(28)22(25)30/h2,4-5,7-10,12-13,21H,3,6,11,14H2,1H3,(H2,25,30)(H,27,31). The Kier molecular flexibility index (Phi) is 6.20. The van der Waals surface area contributed by atoms with Gasteiger partial charge in [0.15, 0.2) is 0 Å². The normalized spacial score (nSPS) is 16.4. The molecule has 1 aliphatic rings. The van der Waals surface area contributed by atoms with Gasteiger partial charge in [-0.1, -0.05) is 28.1 Å². The van der Waals surface area contributed by atoms with Crippen LogP contribution in [-0.2, 0) is 11.3 Å². The molecule has 0 aliphatic carbocycles. The van der Waals surface area contributed by atoms with Gasteiger partial charge in [0.2, 0.25) is 5.91 Å². The fraction of sp³-hybridized carbons (Fsp3) is 0.261. The van der Waals surface area contributed by atoms with E-state index in [1.807, 2.05) is 55.5 Å². The molecule has 3 aromatic rings. The minimum absolute atomic E-state index is 0.214. The van der Waals surface area contributed by atoms with Gasteiger partial charge in [-0.2, -0.15) is 5.10 Å². The Bertz CT molecular complexity index is 1110. The average molecular weight is 482 g/mol. The molecular formula is C23H24BrN5O2. The van der Waals surface area contributed by atoms with Crippen LogP contribution in [0.3, 0.4) is 0 Å². The Labute approximate surface area is 189 Å². The number of likely N-dealkylation sites (tertiary alicyclic amines) is 1. The van der Waals surface area contributed by atoms with E-state index in [1.165, 1.54) is 0 Å². The molecule has 1 unspecified atom stereocenters. The number of primary amides is 1. The van der Waals surface area contributed by atoms with Crippen LogP contribution in [0.2, 0.25) is 0 Å². The second-order valence-electron chi connectivity index (χ2n) is 7.72. The van der Waals surface area contributed by atoms with Gasteiger partial charge in [0.05, 0.1) is 29.2 Å². The number of nitrogens with two attached hydrogens (primary N) is 1. The van der Waals surface area contributed by atoms with E-state index in [4.69, 9.17) is 5.73 Å². The summed E-state index contributed by atoms with van der Waals surface area (Å²) in [5.74, 6) is -0.491. The van der Waals surface area contributed by atoms with Crippen molar-refractivity contribution in [3.8, 4) is 5.69 Å². The Balaban J connectivity index is 1.47. The molecule has 1 atom stereocenters. The van der Waals surface area contributed by atoms with E-state index in [-0.39, 0.29) is 17.9 Å². The Morgan fingerprint density at radius 1 is 1.23 bits per heavy atom. The van der Waals surface area contributed by atoms with Gasteiger partial charge < -0.3 is 11.1 Å². The molecular weight excluding hydrogens is 458 g/mol. The van der Waals surface area contributed by atoms with Crippen LogP contribution in [-0.4, -0.2) is 39.1 Å². The molecule has 8 heteroatoms. The summed E-state index contributed by atoms with van der Waals surface area (Å²) in [5, 5.41) is 7.34. The van der Waals surface area contributed by atoms with Gasteiger partial charge in [-0.15, -0.1) is 0 Å². The molecule has 0 saturated carbocycles. The van der Waals surface area contributed by atoms with Crippen molar-refractivity contribution in [2.75, 3.05) is 11.9 Å². The van der Waals surface area contributed by atoms with Crippen molar-refractivity contribution in [1.82, 2.24) is 14.7 Å². The van der Waals surface area contributed by atoms with Crippen LogP contribution in [0, 0.1) is 6.92 Å². The summed E-state index contributed by atoms with van der Waals surface area (Å²) < 4.78 is 2.73. The van der Waals surface area contributed by atoms with Crippen LogP contribution in [0.15, 0.2) is 59.2 Å². The quantitative estimate of drug-likeness (QED) is 0.561. The number of halogens is 1. The molecule has 31 heavy (non-hydrogen) atoms.